The van der Waals surface area contributed by atoms with Crippen molar-refractivity contribution in [3.05, 3.63) is 71.2 Å². The summed E-state index contributed by atoms with van der Waals surface area (Å²) < 4.78 is 31.3. The number of carbonyl (C=O) groups is 1. The van der Waals surface area contributed by atoms with Crippen molar-refractivity contribution in [2.75, 3.05) is 27.4 Å². The molecule has 0 saturated carbocycles. The molecule has 9 heteroatoms. The van der Waals surface area contributed by atoms with Crippen LogP contribution in [0.1, 0.15) is 24.0 Å². The van der Waals surface area contributed by atoms with Crippen LogP contribution in [0.4, 0.5) is 4.39 Å². The fourth-order valence-electron chi connectivity index (χ4n) is 4.02. The summed E-state index contributed by atoms with van der Waals surface area (Å²) >= 11 is 0. The van der Waals surface area contributed by atoms with E-state index < -0.39 is 5.91 Å². The van der Waals surface area contributed by atoms with E-state index in [0.29, 0.717) is 48.0 Å². The minimum Gasteiger partial charge on any atom is -0.493 e. The van der Waals surface area contributed by atoms with Gasteiger partial charge in [-0.3, -0.25) is 9.48 Å². The maximum Gasteiger partial charge on any atom is 0.262 e. The summed E-state index contributed by atoms with van der Waals surface area (Å²) in [6.07, 6.45) is 5.08. The van der Waals surface area contributed by atoms with Gasteiger partial charge >= 0.3 is 0 Å². The quantitative estimate of drug-likeness (QED) is 0.360. The Balaban J connectivity index is 1.68. The zero-order chi connectivity index (χ0) is 25.5. The minimum atomic E-state index is -0.474. The Kier molecular flexibility index (Phi) is 7.98. The van der Waals surface area contributed by atoms with Crippen molar-refractivity contribution in [3.63, 3.8) is 0 Å². The normalized spacial score (nSPS) is 15.4. The molecule has 2 aromatic carbocycles. The molecule has 0 unspecified atom stereocenters. The van der Waals surface area contributed by atoms with E-state index in [0.717, 1.165) is 18.4 Å². The molecule has 1 aromatic heterocycles. The summed E-state index contributed by atoms with van der Waals surface area (Å²) in [6, 6.07) is 13.5. The number of nitrogens with one attached hydrogen (secondary N) is 1. The fraction of sp³-hybridized carbons (Fsp3) is 0.296. The number of rotatable bonds is 9. The lowest BCUT2D eigenvalue weighted by Gasteiger charge is -2.10. The van der Waals surface area contributed by atoms with Crippen LogP contribution in [-0.2, 0) is 16.1 Å². The van der Waals surface area contributed by atoms with Crippen LogP contribution in [0.2, 0.25) is 0 Å². The molecule has 8 nitrogen and oxygen atoms in total. The molecule has 186 valence electrons. The van der Waals surface area contributed by atoms with Gasteiger partial charge in [-0.2, -0.15) is 10.4 Å². The number of carbonyl (C=O) groups excluding carboxylic acids is 1. The second-order valence-corrected chi connectivity index (χ2v) is 8.34. The van der Waals surface area contributed by atoms with Crippen LogP contribution < -0.4 is 14.8 Å². The van der Waals surface area contributed by atoms with Crippen LogP contribution in [0.25, 0.3) is 17.3 Å². The Morgan fingerprint density at radius 2 is 2.03 bits per heavy atom. The number of benzene rings is 2. The lowest BCUT2D eigenvalue weighted by Crippen LogP contribution is -2.32. The molecule has 0 radical (unpaired) electrons. The van der Waals surface area contributed by atoms with E-state index in [2.05, 4.69) is 5.32 Å². The number of hydrogen-bond acceptors (Lipinski definition) is 6. The molecular weight excluding hydrogens is 463 g/mol. The number of ether oxygens (including phenoxy) is 3. The van der Waals surface area contributed by atoms with Gasteiger partial charge in [0, 0.05) is 30.5 Å². The Morgan fingerprint density at radius 3 is 2.69 bits per heavy atom. The fourth-order valence-corrected chi connectivity index (χ4v) is 4.02. The monoisotopic (exact) mass is 490 g/mol. The van der Waals surface area contributed by atoms with Crippen molar-refractivity contribution in [1.29, 1.82) is 5.26 Å². The van der Waals surface area contributed by atoms with Gasteiger partial charge in [0.15, 0.2) is 11.5 Å². The standard InChI is InChI=1S/C27H27FN4O4/c1-34-24-10-7-19(13-25(24)35-2)26-21(17-32(31-26)16-18-5-8-22(28)9-6-18)12-20(14-29)27(33)30-15-23-4-3-11-36-23/h5-10,12-13,17,23H,3-4,11,15-16H2,1-2H3,(H,30,33)/b20-12+/t23-/m0/s1. The summed E-state index contributed by atoms with van der Waals surface area (Å²) in [5.74, 6) is 0.294. The average Bonchev–Trinajstić information content (AvgIpc) is 3.56. The Hall–Kier alpha value is -4.16. The second-order valence-electron chi connectivity index (χ2n) is 8.34. The van der Waals surface area contributed by atoms with Gasteiger partial charge in [0.25, 0.3) is 5.91 Å². The predicted molar refractivity (Wildman–Crippen MR) is 132 cm³/mol. The van der Waals surface area contributed by atoms with Crippen LogP contribution in [-0.4, -0.2) is 49.2 Å². The first kappa shape index (κ1) is 24.9. The maximum atomic E-state index is 13.3. The highest BCUT2D eigenvalue weighted by Crippen LogP contribution is 2.33. The SMILES string of the molecule is COc1ccc(-c2nn(Cc3ccc(F)cc3)cc2/C=C(\C#N)C(=O)NC[C@@H]2CCCO2)cc1OC. The molecule has 1 aliphatic rings. The number of nitrogens with zero attached hydrogens (tertiary/aromatic N) is 3. The van der Waals surface area contributed by atoms with Crippen LogP contribution in [0.3, 0.4) is 0 Å². The number of amides is 1. The number of halogens is 1. The molecule has 0 bridgehead atoms. The van der Waals surface area contributed by atoms with Crippen molar-refractivity contribution in [1.82, 2.24) is 15.1 Å². The van der Waals surface area contributed by atoms with E-state index in [9.17, 15) is 14.4 Å². The van der Waals surface area contributed by atoms with Crippen LogP contribution >= 0.6 is 0 Å². The Morgan fingerprint density at radius 1 is 1.25 bits per heavy atom. The summed E-state index contributed by atoms with van der Waals surface area (Å²) in [4.78, 5) is 12.7. The van der Waals surface area contributed by atoms with Gasteiger partial charge in [0.1, 0.15) is 17.5 Å². The zero-order valence-corrected chi connectivity index (χ0v) is 20.2. The molecule has 1 atom stereocenters. The number of aromatic nitrogens is 2. The van der Waals surface area contributed by atoms with Crippen molar-refractivity contribution in [3.8, 4) is 28.8 Å². The van der Waals surface area contributed by atoms with E-state index in [4.69, 9.17) is 19.3 Å². The van der Waals surface area contributed by atoms with E-state index in [1.165, 1.54) is 18.2 Å². The molecule has 2 heterocycles. The molecule has 1 saturated heterocycles. The third-order valence-corrected chi connectivity index (χ3v) is 5.88. The maximum absolute atomic E-state index is 13.3. The summed E-state index contributed by atoms with van der Waals surface area (Å²) in [6.45, 7) is 1.41. The van der Waals surface area contributed by atoms with E-state index >= 15 is 0 Å². The molecule has 4 rings (SSSR count). The molecule has 1 fully saturated rings. The van der Waals surface area contributed by atoms with Crippen molar-refractivity contribution in [2.45, 2.75) is 25.5 Å². The number of hydrogen-bond donors (Lipinski definition) is 1. The molecule has 0 aliphatic carbocycles. The summed E-state index contributed by atoms with van der Waals surface area (Å²) in [5.41, 5.74) is 2.65. The average molecular weight is 491 g/mol. The van der Waals surface area contributed by atoms with Gasteiger partial charge < -0.3 is 19.5 Å². The molecule has 3 aromatic rings. The van der Waals surface area contributed by atoms with E-state index in [1.807, 2.05) is 12.1 Å². The van der Waals surface area contributed by atoms with E-state index in [1.54, 1.807) is 49.4 Å². The number of methoxy groups -OCH3 is 2. The largest absolute Gasteiger partial charge is 0.493 e. The topological polar surface area (TPSA) is 98.4 Å². The highest BCUT2D eigenvalue weighted by atomic mass is 19.1. The second kappa shape index (κ2) is 11.5. The Bertz CT molecular complexity index is 1290. The van der Waals surface area contributed by atoms with Crippen molar-refractivity contribution < 1.29 is 23.4 Å². The summed E-state index contributed by atoms with van der Waals surface area (Å²) in [5, 5.41) is 17.2. The van der Waals surface area contributed by atoms with Gasteiger partial charge in [0.05, 0.1) is 32.6 Å². The first-order valence-corrected chi connectivity index (χ1v) is 11.6. The zero-order valence-electron chi connectivity index (χ0n) is 20.2. The Labute approximate surface area is 208 Å². The number of nitriles is 1. The van der Waals surface area contributed by atoms with Gasteiger partial charge in [-0.15, -0.1) is 0 Å². The lowest BCUT2D eigenvalue weighted by atomic mass is 10.0. The predicted octanol–water partition coefficient (Wildman–Crippen LogP) is 3.96. The molecule has 36 heavy (non-hydrogen) atoms. The molecule has 0 spiro atoms. The van der Waals surface area contributed by atoms with Crippen molar-refractivity contribution >= 4 is 12.0 Å². The smallest absolute Gasteiger partial charge is 0.262 e. The first-order chi connectivity index (χ1) is 17.5. The lowest BCUT2D eigenvalue weighted by molar-refractivity contribution is -0.117. The minimum absolute atomic E-state index is 0.0327. The molecule has 1 N–H and O–H groups in total. The first-order valence-electron chi connectivity index (χ1n) is 11.6. The summed E-state index contributed by atoms with van der Waals surface area (Å²) in [7, 11) is 3.10. The van der Waals surface area contributed by atoms with Crippen LogP contribution in [0.5, 0.6) is 11.5 Å². The van der Waals surface area contributed by atoms with Crippen LogP contribution in [0.15, 0.2) is 54.2 Å². The van der Waals surface area contributed by atoms with Gasteiger partial charge in [-0.25, -0.2) is 4.39 Å². The van der Waals surface area contributed by atoms with Gasteiger partial charge in [0.2, 0.25) is 0 Å². The molecule has 1 aliphatic heterocycles. The van der Waals surface area contributed by atoms with Gasteiger partial charge in [-0.1, -0.05) is 12.1 Å². The molecule has 1 amide bonds. The van der Waals surface area contributed by atoms with Gasteiger partial charge in [-0.05, 0) is 54.8 Å². The van der Waals surface area contributed by atoms with Crippen molar-refractivity contribution in [2.24, 2.45) is 0 Å². The van der Waals surface area contributed by atoms with Crippen LogP contribution in [0, 0.1) is 17.1 Å². The van der Waals surface area contributed by atoms with E-state index in [-0.39, 0.29) is 17.5 Å². The molecular formula is C27H27FN4O4. The third-order valence-electron chi connectivity index (χ3n) is 5.88. The highest BCUT2D eigenvalue weighted by Gasteiger charge is 2.19. The third kappa shape index (κ3) is 5.90. The highest BCUT2D eigenvalue weighted by molar-refractivity contribution is 6.02.